The van der Waals surface area contributed by atoms with E-state index >= 15 is 0 Å². The number of nitro groups is 1. The Morgan fingerprint density at radius 2 is 2.14 bits per heavy atom. The highest BCUT2D eigenvalue weighted by Crippen LogP contribution is 2.21. The zero-order valence-corrected chi connectivity index (χ0v) is 13.6. The number of hydrogen-bond acceptors (Lipinski definition) is 5. The molecule has 1 unspecified atom stereocenters. The van der Waals surface area contributed by atoms with Crippen molar-refractivity contribution in [3.63, 3.8) is 0 Å². The SMILES string of the molecule is CC(CN1CCOCC1)NCc1cc(Br)cc([N+](=O)[O-])c1. The first-order valence-electron chi connectivity index (χ1n) is 7.02. The van der Waals surface area contributed by atoms with Gasteiger partial charge in [0.2, 0.25) is 0 Å². The maximum Gasteiger partial charge on any atom is 0.270 e. The van der Waals surface area contributed by atoms with E-state index in [1.165, 1.54) is 6.07 Å². The first-order chi connectivity index (χ1) is 10.0. The number of hydrogen-bond donors (Lipinski definition) is 1. The number of morpholine rings is 1. The molecule has 1 aliphatic rings. The molecule has 1 heterocycles. The fraction of sp³-hybridized carbons (Fsp3) is 0.571. The van der Waals surface area contributed by atoms with Crippen LogP contribution >= 0.6 is 15.9 Å². The molecule has 1 atom stereocenters. The molecule has 0 amide bonds. The molecule has 2 rings (SSSR count). The van der Waals surface area contributed by atoms with Crippen LogP contribution in [0, 0.1) is 10.1 Å². The summed E-state index contributed by atoms with van der Waals surface area (Å²) in [6.45, 7) is 7.23. The van der Waals surface area contributed by atoms with Crippen LogP contribution in [0.25, 0.3) is 0 Å². The summed E-state index contributed by atoms with van der Waals surface area (Å²) in [7, 11) is 0. The van der Waals surface area contributed by atoms with E-state index in [1.54, 1.807) is 6.07 Å². The van der Waals surface area contributed by atoms with E-state index in [1.807, 2.05) is 6.07 Å². The van der Waals surface area contributed by atoms with Gasteiger partial charge in [0.1, 0.15) is 0 Å². The van der Waals surface area contributed by atoms with Crippen molar-refractivity contribution in [3.05, 3.63) is 38.3 Å². The van der Waals surface area contributed by atoms with Gasteiger partial charge >= 0.3 is 0 Å². The van der Waals surface area contributed by atoms with Gasteiger partial charge in [-0.15, -0.1) is 0 Å². The Balaban J connectivity index is 1.85. The third-order valence-corrected chi connectivity index (χ3v) is 3.90. The third-order valence-electron chi connectivity index (χ3n) is 3.44. The molecule has 1 saturated heterocycles. The van der Waals surface area contributed by atoms with E-state index < -0.39 is 0 Å². The predicted molar refractivity (Wildman–Crippen MR) is 84.4 cm³/mol. The van der Waals surface area contributed by atoms with Crippen LogP contribution in [0.5, 0.6) is 0 Å². The standard InChI is InChI=1S/C14H20BrN3O3/c1-11(10-17-2-4-21-5-3-17)16-9-12-6-13(15)8-14(7-12)18(19)20/h6-8,11,16H,2-5,9-10H2,1H3. The first-order valence-corrected chi connectivity index (χ1v) is 7.81. The lowest BCUT2D eigenvalue weighted by Gasteiger charge is -2.29. The summed E-state index contributed by atoms with van der Waals surface area (Å²) >= 11 is 3.31. The smallest absolute Gasteiger partial charge is 0.270 e. The van der Waals surface area contributed by atoms with Crippen LogP contribution in [0.4, 0.5) is 5.69 Å². The average molecular weight is 358 g/mol. The molecule has 1 fully saturated rings. The summed E-state index contributed by atoms with van der Waals surface area (Å²) in [5.41, 5.74) is 1.02. The number of halogens is 1. The Morgan fingerprint density at radius 1 is 1.43 bits per heavy atom. The first kappa shape index (κ1) is 16.4. The van der Waals surface area contributed by atoms with E-state index in [-0.39, 0.29) is 10.6 Å². The number of nitrogens with zero attached hydrogens (tertiary/aromatic N) is 2. The highest BCUT2D eigenvalue weighted by atomic mass is 79.9. The van der Waals surface area contributed by atoms with Crippen LogP contribution in [0.1, 0.15) is 12.5 Å². The summed E-state index contributed by atoms with van der Waals surface area (Å²) in [5.74, 6) is 0. The van der Waals surface area contributed by atoms with Crippen molar-refractivity contribution in [1.29, 1.82) is 0 Å². The summed E-state index contributed by atoms with van der Waals surface area (Å²) in [6, 6.07) is 5.35. The van der Waals surface area contributed by atoms with Crippen LogP contribution in [-0.2, 0) is 11.3 Å². The van der Waals surface area contributed by atoms with Crippen molar-refractivity contribution in [2.24, 2.45) is 0 Å². The number of benzene rings is 1. The Kier molecular flexibility index (Phi) is 6.10. The summed E-state index contributed by atoms with van der Waals surface area (Å²) < 4.78 is 6.06. The van der Waals surface area contributed by atoms with Gasteiger partial charge in [-0.2, -0.15) is 0 Å². The minimum atomic E-state index is -0.370. The molecular weight excluding hydrogens is 338 g/mol. The summed E-state index contributed by atoms with van der Waals surface area (Å²) in [4.78, 5) is 12.8. The molecule has 0 aliphatic carbocycles. The van der Waals surface area contributed by atoms with Crippen molar-refractivity contribution >= 4 is 21.6 Å². The second-order valence-corrected chi connectivity index (χ2v) is 6.19. The molecule has 1 aromatic carbocycles. The predicted octanol–water partition coefficient (Wildman–Crippen LogP) is 2.17. The molecule has 6 nitrogen and oxygen atoms in total. The van der Waals surface area contributed by atoms with Gasteiger partial charge in [0.15, 0.2) is 0 Å². The van der Waals surface area contributed by atoms with E-state index in [9.17, 15) is 10.1 Å². The molecule has 1 aliphatic heterocycles. The third kappa shape index (κ3) is 5.35. The van der Waals surface area contributed by atoms with Crippen molar-refractivity contribution in [2.45, 2.75) is 19.5 Å². The number of nitrogens with one attached hydrogen (secondary N) is 1. The van der Waals surface area contributed by atoms with Crippen molar-refractivity contribution in [2.75, 3.05) is 32.8 Å². The Morgan fingerprint density at radius 3 is 2.81 bits per heavy atom. The van der Waals surface area contributed by atoms with Crippen LogP contribution in [-0.4, -0.2) is 48.7 Å². The maximum atomic E-state index is 10.9. The van der Waals surface area contributed by atoms with E-state index in [4.69, 9.17) is 4.74 Å². The second kappa shape index (κ2) is 7.84. The quantitative estimate of drug-likeness (QED) is 0.624. The van der Waals surface area contributed by atoms with Crippen LogP contribution in [0.2, 0.25) is 0 Å². The molecule has 0 aromatic heterocycles. The van der Waals surface area contributed by atoms with Crippen LogP contribution < -0.4 is 5.32 Å². The maximum absolute atomic E-state index is 10.9. The fourth-order valence-electron chi connectivity index (χ4n) is 2.37. The molecule has 0 bridgehead atoms. The monoisotopic (exact) mass is 357 g/mol. The van der Waals surface area contributed by atoms with Crippen molar-refractivity contribution in [1.82, 2.24) is 10.2 Å². The topological polar surface area (TPSA) is 67.6 Å². The van der Waals surface area contributed by atoms with Gasteiger partial charge in [-0.05, 0) is 18.6 Å². The number of rotatable bonds is 6. The van der Waals surface area contributed by atoms with E-state index in [2.05, 4.69) is 33.1 Å². The molecule has 0 spiro atoms. The van der Waals surface area contributed by atoms with Crippen LogP contribution in [0.3, 0.4) is 0 Å². The van der Waals surface area contributed by atoms with Gasteiger partial charge in [-0.1, -0.05) is 15.9 Å². The van der Waals surface area contributed by atoms with E-state index in [0.717, 1.165) is 42.9 Å². The van der Waals surface area contributed by atoms with Crippen molar-refractivity contribution in [3.8, 4) is 0 Å². The Labute approximate surface area is 132 Å². The normalized spacial score (nSPS) is 17.6. The number of non-ortho nitro benzene ring substituents is 1. The minimum absolute atomic E-state index is 0.113. The molecule has 0 radical (unpaired) electrons. The zero-order chi connectivity index (χ0) is 15.2. The molecule has 1 N–H and O–H groups in total. The summed E-state index contributed by atoms with van der Waals surface area (Å²) in [5, 5.41) is 14.3. The van der Waals surface area contributed by atoms with Crippen molar-refractivity contribution < 1.29 is 9.66 Å². The molecule has 21 heavy (non-hydrogen) atoms. The highest BCUT2D eigenvalue weighted by molar-refractivity contribution is 9.10. The van der Waals surface area contributed by atoms with Gasteiger partial charge in [0.25, 0.3) is 5.69 Å². The summed E-state index contributed by atoms with van der Waals surface area (Å²) in [6.07, 6.45) is 0. The fourth-order valence-corrected chi connectivity index (χ4v) is 2.90. The minimum Gasteiger partial charge on any atom is -0.379 e. The largest absolute Gasteiger partial charge is 0.379 e. The second-order valence-electron chi connectivity index (χ2n) is 5.27. The lowest BCUT2D eigenvalue weighted by molar-refractivity contribution is -0.385. The van der Waals surface area contributed by atoms with Gasteiger partial charge in [0, 0.05) is 48.8 Å². The average Bonchev–Trinajstić information content (AvgIpc) is 2.45. The van der Waals surface area contributed by atoms with Gasteiger partial charge in [-0.3, -0.25) is 15.0 Å². The Bertz CT molecular complexity index is 492. The lowest BCUT2D eigenvalue weighted by atomic mass is 10.2. The van der Waals surface area contributed by atoms with Crippen LogP contribution in [0.15, 0.2) is 22.7 Å². The zero-order valence-electron chi connectivity index (χ0n) is 12.0. The molecule has 1 aromatic rings. The molecule has 0 saturated carbocycles. The number of nitro benzene ring substituents is 1. The lowest BCUT2D eigenvalue weighted by Crippen LogP contribution is -2.44. The molecule has 116 valence electrons. The van der Waals surface area contributed by atoms with E-state index in [0.29, 0.717) is 12.6 Å². The Hall–Kier alpha value is -1.02. The highest BCUT2D eigenvalue weighted by Gasteiger charge is 2.14. The van der Waals surface area contributed by atoms with Gasteiger partial charge in [0.05, 0.1) is 18.1 Å². The van der Waals surface area contributed by atoms with Gasteiger partial charge < -0.3 is 10.1 Å². The number of ether oxygens (including phenoxy) is 1. The molecule has 7 heteroatoms. The van der Waals surface area contributed by atoms with Gasteiger partial charge in [-0.25, -0.2) is 0 Å². The molecular formula is C14H20BrN3O3.